The van der Waals surface area contributed by atoms with Crippen molar-refractivity contribution in [1.29, 1.82) is 0 Å². The molecule has 0 aliphatic carbocycles. The number of nitrogens with two attached hydrogens (primary N) is 3. The summed E-state index contributed by atoms with van der Waals surface area (Å²) in [5.41, 5.74) is 12.3. The summed E-state index contributed by atoms with van der Waals surface area (Å²) >= 11 is 5.99. The first kappa shape index (κ1) is 14.3. The molecule has 0 aliphatic rings. The number of primary amides is 1. The first-order chi connectivity index (χ1) is 8.38. The average molecular weight is 270 g/mol. The molecule has 0 saturated carbocycles. The van der Waals surface area contributed by atoms with Gasteiger partial charge < -0.3 is 11.5 Å². The fourth-order valence-corrected chi connectivity index (χ4v) is 1.54. The number of hydrogen-bond acceptors (Lipinski definition) is 4. The van der Waals surface area contributed by atoms with Crippen LogP contribution in [0.5, 0.6) is 0 Å². The number of rotatable bonds is 5. The monoisotopic (exact) mass is 269 g/mol. The summed E-state index contributed by atoms with van der Waals surface area (Å²) in [7, 11) is 0. The van der Waals surface area contributed by atoms with E-state index in [1.165, 1.54) is 0 Å². The minimum absolute atomic E-state index is 0.0724. The van der Waals surface area contributed by atoms with Gasteiger partial charge in [-0.25, -0.2) is 11.0 Å². The Hall–Kier alpha value is -1.79. The Morgan fingerprint density at radius 3 is 2.67 bits per heavy atom. The van der Waals surface area contributed by atoms with E-state index in [1.54, 1.807) is 6.07 Å². The second-order valence-electron chi connectivity index (χ2n) is 3.92. The van der Waals surface area contributed by atoms with Gasteiger partial charge in [0.1, 0.15) is 5.84 Å². The van der Waals surface area contributed by atoms with Gasteiger partial charge in [0.2, 0.25) is 5.91 Å². The van der Waals surface area contributed by atoms with Crippen molar-refractivity contribution >= 4 is 23.3 Å². The molecule has 1 amide bonds. The zero-order valence-electron chi connectivity index (χ0n) is 10.1. The van der Waals surface area contributed by atoms with Crippen LogP contribution in [0.15, 0.2) is 23.3 Å². The molecule has 0 aromatic heterocycles. The summed E-state index contributed by atoms with van der Waals surface area (Å²) < 4.78 is 0. The van der Waals surface area contributed by atoms with Gasteiger partial charge in [-0.05, 0) is 24.1 Å². The fraction of sp³-hybridized carbons (Fsp3) is 0.273. The quantitative estimate of drug-likeness (QED) is 0.312. The van der Waals surface area contributed by atoms with E-state index in [4.69, 9.17) is 28.9 Å². The number of carbonyl (C=O) groups is 1. The van der Waals surface area contributed by atoms with E-state index in [0.717, 1.165) is 16.2 Å². The maximum Gasteiger partial charge on any atom is 0.225 e. The van der Waals surface area contributed by atoms with Crippen LogP contribution < -0.4 is 17.3 Å². The number of benzene rings is 1. The number of hydrogen-bond donors (Lipinski definition) is 3. The van der Waals surface area contributed by atoms with Crippen LogP contribution in [0.1, 0.15) is 17.5 Å². The van der Waals surface area contributed by atoms with Crippen LogP contribution in [-0.4, -0.2) is 16.9 Å². The third-order valence-corrected chi connectivity index (χ3v) is 2.60. The zero-order chi connectivity index (χ0) is 13.7. The predicted molar refractivity (Wildman–Crippen MR) is 71.4 cm³/mol. The van der Waals surface area contributed by atoms with Crippen molar-refractivity contribution in [3.8, 4) is 0 Å². The van der Waals surface area contributed by atoms with E-state index >= 15 is 0 Å². The highest BCUT2D eigenvalue weighted by molar-refractivity contribution is 6.31. The van der Waals surface area contributed by atoms with E-state index in [2.05, 4.69) is 5.10 Å². The third kappa shape index (κ3) is 4.60. The Kier molecular flexibility index (Phi) is 4.94. The molecular weight excluding hydrogens is 254 g/mol. The molecule has 0 atom stereocenters. The summed E-state index contributed by atoms with van der Waals surface area (Å²) in [5.74, 6) is 5.16. The van der Waals surface area contributed by atoms with Crippen molar-refractivity contribution in [2.45, 2.75) is 19.9 Å². The standard InChI is InChI=1S/C11H16ClN5O/c1-7-2-3-8(4-9(7)12)6-17(15)16-10(13)5-11(14)18/h2-4H,5-6,15H2,1H3,(H2,13,16)(H2,14,18). The van der Waals surface area contributed by atoms with Gasteiger partial charge in [-0.1, -0.05) is 23.7 Å². The van der Waals surface area contributed by atoms with E-state index in [0.29, 0.717) is 11.6 Å². The first-order valence-electron chi connectivity index (χ1n) is 5.27. The van der Waals surface area contributed by atoms with Crippen LogP contribution in [-0.2, 0) is 11.3 Å². The van der Waals surface area contributed by atoms with Crippen molar-refractivity contribution in [1.82, 2.24) is 5.12 Å². The summed E-state index contributed by atoms with van der Waals surface area (Å²) in [6, 6.07) is 5.58. The second kappa shape index (κ2) is 6.23. The Labute approximate surface area is 110 Å². The summed E-state index contributed by atoms with van der Waals surface area (Å²) in [6.07, 6.45) is -0.123. The zero-order valence-corrected chi connectivity index (χ0v) is 10.8. The summed E-state index contributed by atoms with van der Waals surface area (Å²) in [6.45, 7) is 2.24. The van der Waals surface area contributed by atoms with Crippen molar-refractivity contribution < 1.29 is 4.79 Å². The smallest absolute Gasteiger partial charge is 0.225 e. The van der Waals surface area contributed by atoms with Crippen LogP contribution in [0.2, 0.25) is 5.02 Å². The normalized spacial score (nSPS) is 11.4. The van der Waals surface area contributed by atoms with Gasteiger partial charge in [-0.3, -0.25) is 4.79 Å². The lowest BCUT2D eigenvalue weighted by Gasteiger charge is -2.14. The number of halogens is 1. The number of hydrazine groups is 1. The molecule has 1 aromatic rings. The van der Waals surface area contributed by atoms with Crippen LogP contribution >= 0.6 is 11.6 Å². The predicted octanol–water partition coefficient (Wildman–Crippen LogP) is 0.472. The highest BCUT2D eigenvalue weighted by atomic mass is 35.5. The number of amidine groups is 1. The van der Waals surface area contributed by atoms with Gasteiger partial charge in [0.15, 0.2) is 0 Å². The van der Waals surface area contributed by atoms with Gasteiger partial charge in [0.05, 0.1) is 13.0 Å². The molecule has 1 aromatic carbocycles. The summed E-state index contributed by atoms with van der Waals surface area (Å²) in [5, 5.41) is 5.63. The Morgan fingerprint density at radius 2 is 2.11 bits per heavy atom. The Balaban J connectivity index is 2.66. The molecule has 0 radical (unpaired) electrons. The average Bonchev–Trinajstić information content (AvgIpc) is 2.21. The molecule has 0 unspecified atom stereocenters. The number of amides is 1. The van der Waals surface area contributed by atoms with E-state index < -0.39 is 5.91 Å². The fourth-order valence-electron chi connectivity index (χ4n) is 1.34. The molecule has 6 N–H and O–H groups in total. The highest BCUT2D eigenvalue weighted by Gasteiger charge is 2.04. The minimum atomic E-state index is -0.553. The molecule has 6 nitrogen and oxygen atoms in total. The third-order valence-electron chi connectivity index (χ3n) is 2.19. The largest absolute Gasteiger partial charge is 0.385 e. The molecule has 0 saturated heterocycles. The first-order valence-corrected chi connectivity index (χ1v) is 5.65. The lowest BCUT2D eigenvalue weighted by atomic mass is 10.1. The number of aryl methyl sites for hydroxylation is 1. The van der Waals surface area contributed by atoms with Crippen LogP contribution in [0.3, 0.4) is 0 Å². The van der Waals surface area contributed by atoms with Gasteiger partial charge in [0, 0.05) is 5.02 Å². The number of nitrogens with zero attached hydrogens (tertiary/aromatic N) is 2. The molecule has 0 aliphatic heterocycles. The maximum absolute atomic E-state index is 10.6. The Bertz CT molecular complexity index is 475. The molecule has 0 fully saturated rings. The van der Waals surface area contributed by atoms with E-state index in [9.17, 15) is 4.79 Å². The minimum Gasteiger partial charge on any atom is -0.385 e. The number of hydrazone groups is 1. The molecule has 0 spiro atoms. The molecule has 98 valence electrons. The topological polar surface area (TPSA) is 111 Å². The molecule has 7 heteroatoms. The highest BCUT2D eigenvalue weighted by Crippen LogP contribution is 2.17. The van der Waals surface area contributed by atoms with Crippen molar-refractivity contribution in [3.63, 3.8) is 0 Å². The lowest BCUT2D eigenvalue weighted by molar-refractivity contribution is -0.116. The second-order valence-corrected chi connectivity index (χ2v) is 4.32. The van der Waals surface area contributed by atoms with Crippen molar-refractivity contribution in [2.75, 3.05) is 0 Å². The molecule has 0 bridgehead atoms. The molecule has 1 rings (SSSR count). The Morgan fingerprint density at radius 1 is 1.44 bits per heavy atom. The SMILES string of the molecule is Cc1ccc(CN(N)/N=C(\N)CC(N)=O)cc1Cl. The molecule has 18 heavy (non-hydrogen) atoms. The van der Waals surface area contributed by atoms with Crippen molar-refractivity contribution in [2.24, 2.45) is 22.4 Å². The van der Waals surface area contributed by atoms with Crippen LogP contribution in [0.4, 0.5) is 0 Å². The van der Waals surface area contributed by atoms with Gasteiger partial charge in [0.25, 0.3) is 0 Å². The van der Waals surface area contributed by atoms with Crippen LogP contribution in [0, 0.1) is 6.92 Å². The molecular formula is C11H16ClN5O. The lowest BCUT2D eigenvalue weighted by Crippen LogP contribution is -2.30. The van der Waals surface area contributed by atoms with Gasteiger partial charge >= 0.3 is 0 Å². The maximum atomic E-state index is 10.6. The number of carbonyl (C=O) groups excluding carboxylic acids is 1. The van der Waals surface area contributed by atoms with E-state index in [1.807, 2.05) is 19.1 Å². The summed E-state index contributed by atoms with van der Waals surface area (Å²) in [4.78, 5) is 10.6. The van der Waals surface area contributed by atoms with Crippen molar-refractivity contribution in [3.05, 3.63) is 34.3 Å². The van der Waals surface area contributed by atoms with Gasteiger partial charge in [-0.15, -0.1) is 5.10 Å². The van der Waals surface area contributed by atoms with Crippen LogP contribution in [0.25, 0.3) is 0 Å². The van der Waals surface area contributed by atoms with E-state index in [-0.39, 0.29) is 12.3 Å². The molecule has 0 heterocycles. The van der Waals surface area contributed by atoms with Gasteiger partial charge in [-0.2, -0.15) is 0 Å².